The Kier molecular flexibility index (Phi) is 5.00. The molecule has 1 unspecified atom stereocenters. The first kappa shape index (κ1) is 18.7. The maximum Gasteiger partial charge on any atom is 0.323 e. The minimum Gasteiger partial charge on any atom is -0.377 e. The fourth-order valence-electron chi connectivity index (χ4n) is 2.44. The molecule has 26 heavy (non-hydrogen) atoms. The fraction of sp³-hybridized carbons (Fsp3) is 0.200. The van der Waals surface area contributed by atoms with Gasteiger partial charge in [-0.05, 0) is 50.6 Å². The highest BCUT2D eigenvalue weighted by Gasteiger charge is 2.57. The van der Waals surface area contributed by atoms with Gasteiger partial charge in [0.1, 0.15) is 17.8 Å². The third-order valence-electron chi connectivity index (χ3n) is 3.73. The van der Waals surface area contributed by atoms with Crippen LogP contribution in [-0.2, 0) is 18.1 Å². The van der Waals surface area contributed by atoms with E-state index in [1.807, 2.05) is 0 Å². The maximum absolute atomic E-state index is 15.3. The molecular weight excluding hydrogens is 439 g/mol. The Hall–Kier alpha value is -2.04. The number of alkyl halides is 2. The van der Waals surface area contributed by atoms with E-state index in [9.17, 15) is 9.50 Å². The smallest absolute Gasteiger partial charge is 0.323 e. The van der Waals surface area contributed by atoms with E-state index in [0.29, 0.717) is 4.47 Å². The fourth-order valence-corrected chi connectivity index (χ4v) is 2.83. The van der Waals surface area contributed by atoms with Gasteiger partial charge in [0.05, 0.1) is 6.54 Å². The van der Waals surface area contributed by atoms with Crippen molar-refractivity contribution in [3.8, 4) is 0 Å². The maximum atomic E-state index is 15.3. The number of aliphatic hydroxyl groups is 1. The zero-order valence-corrected chi connectivity index (χ0v) is 15.2. The van der Waals surface area contributed by atoms with E-state index in [-0.39, 0.29) is 5.02 Å². The summed E-state index contributed by atoms with van der Waals surface area (Å²) in [6, 6.07) is 5.41. The summed E-state index contributed by atoms with van der Waals surface area (Å²) >= 11 is 8.79. The molecule has 0 saturated heterocycles. The quantitative estimate of drug-likeness (QED) is 0.648. The van der Waals surface area contributed by atoms with Gasteiger partial charge in [-0.3, -0.25) is 4.98 Å². The molecule has 0 aliphatic rings. The van der Waals surface area contributed by atoms with Crippen LogP contribution in [0.25, 0.3) is 0 Å². The van der Waals surface area contributed by atoms with E-state index in [1.165, 1.54) is 12.1 Å². The van der Waals surface area contributed by atoms with Crippen molar-refractivity contribution in [2.75, 3.05) is 0 Å². The first-order valence-electron chi connectivity index (χ1n) is 7.12. The molecule has 0 spiro atoms. The number of rotatable bonds is 5. The zero-order chi connectivity index (χ0) is 18.9. The third kappa shape index (κ3) is 3.31. The molecule has 0 aliphatic heterocycles. The Morgan fingerprint density at radius 3 is 2.58 bits per heavy atom. The molecule has 3 rings (SSSR count). The summed E-state index contributed by atoms with van der Waals surface area (Å²) in [5, 5.41) is 21.1. The van der Waals surface area contributed by atoms with Gasteiger partial charge in [0, 0.05) is 21.3 Å². The number of hydrogen-bond donors (Lipinski definition) is 1. The number of tetrazole rings is 1. The topological polar surface area (TPSA) is 76.7 Å². The molecule has 0 aliphatic carbocycles. The molecule has 11 heteroatoms. The van der Waals surface area contributed by atoms with Crippen LogP contribution in [0.2, 0.25) is 5.02 Å². The van der Waals surface area contributed by atoms with Gasteiger partial charge < -0.3 is 5.11 Å². The molecule has 0 radical (unpaired) electrons. The first-order chi connectivity index (χ1) is 12.2. The molecule has 1 aromatic carbocycles. The molecule has 0 saturated carbocycles. The van der Waals surface area contributed by atoms with Gasteiger partial charge in [-0.25, -0.2) is 9.07 Å². The van der Waals surface area contributed by atoms with E-state index >= 15 is 8.78 Å². The predicted molar refractivity (Wildman–Crippen MR) is 89.0 cm³/mol. The normalized spacial score (nSPS) is 14.2. The second-order valence-electron chi connectivity index (χ2n) is 5.43. The van der Waals surface area contributed by atoms with Gasteiger partial charge in [-0.2, -0.15) is 8.78 Å². The molecule has 2 heterocycles. The highest BCUT2D eigenvalue weighted by Crippen LogP contribution is 2.46. The van der Waals surface area contributed by atoms with Crippen molar-refractivity contribution in [2.24, 2.45) is 0 Å². The summed E-state index contributed by atoms with van der Waals surface area (Å²) in [6.07, 6.45) is 2.18. The first-order valence-corrected chi connectivity index (χ1v) is 8.29. The summed E-state index contributed by atoms with van der Waals surface area (Å²) < 4.78 is 46.3. The largest absolute Gasteiger partial charge is 0.377 e. The van der Waals surface area contributed by atoms with Gasteiger partial charge in [0.2, 0.25) is 0 Å². The van der Waals surface area contributed by atoms with Crippen molar-refractivity contribution in [1.29, 1.82) is 0 Å². The summed E-state index contributed by atoms with van der Waals surface area (Å²) in [7, 11) is 0. The van der Waals surface area contributed by atoms with Gasteiger partial charge >= 0.3 is 5.92 Å². The molecule has 0 fully saturated rings. The highest BCUT2D eigenvalue weighted by molar-refractivity contribution is 9.10. The number of benzene rings is 1. The van der Waals surface area contributed by atoms with Crippen molar-refractivity contribution in [3.05, 3.63) is 69.4 Å². The van der Waals surface area contributed by atoms with Crippen LogP contribution in [0.3, 0.4) is 0 Å². The van der Waals surface area contributed by atoms with E-state index in [1.54, 1.807) is 0 Å². The second-order valence-corrected chi connectivity index (χ2v) is 6.78. The lowest BCUT2D eigenvalue weighted by atomic mass is 9.84. The lowest BCUT2D eigenvalue weighted by molar-refractivity contribution is -0.207. The minimum absolute atomic E-state index is 0.00102. The molecule has 1 atom stereocenters. The predicted octanol–water partition coefficient (Wildman–Crippen LogP) is 3.30. The van der Waals surface area contributed by atoms with E-state index < -0.39 is 35.1 Å². The third-order valence-corrected chi connectivity index (χ3v) is 4.43. The lowest BCUT2D eigenvalue weighted by Crippen LogP contribution is -2.48. The van der Waals surface area contributed by atoms with Crippen LogP contribution in [-0.4, -0.2) is 30.3 Å². The van der Waals surface area contributed by atoms with Crippen LogP contribution in [0.5, 0.6) is 0 Å². The molecule has 3 aromatic rings. The Bertz CT molecular complexity index is 910. The Labute approximate surface area is 158 Å². The summed E-state index contributed by atoms with van der Waals surface area (Å²) in [4.78, 5) is 3.65. The molecule has 2 aromatic heterocycles. The standard InChI is InChI=1S/C15H10BrClF3N5O/c16-9-1-4-13(21-6-9)15(19,20)14(26,7-25-8-22-23-24-25)11-3-2-10(17)5-12(11)18/h1-6,8,26H,7H2. The number of halogens is 5. The summed E-state index contributed by atoms with van der Waals surface area (Å²) in [5.41, 5.74) is -4.43. The monoisotopic (exact) mass is 447 g/mol. The van der Waals surface area contributed by atoms with Crippen molar-refractivity contribution in [1.82, 2.24) is 25.2 Å². The Morgan fingerprint density at radius 2 is 2.00 bits per heavy atom. The molecule has 0 amide bonds. The average molecular weight is 449 g/mol. The van der Waals surface area contributed by atoms with Crippen LogP contribution in [0.1, 0.15) is 11.3 Å². The highest BCUT2D eigenvalue weighted by atomic mass is 79.9. The second kappa shape index (κ2) is 6.93. The number of pyridine rings is 1. The lowest BCUT2D eigenvalue weighted by Gasteiger charge is -2.35. The van der Waals surface area contributed by atoms with Crippen molar-refractivity contribution in [3.63, 3.8) is 0 Å². The van der Waals surface area contributed by atoms with Crippen molar-refractivity contribution >= 4 is 27.5 Å². The number of nitrogens with zero attached hydrogens (tertiary/aromatic N) is 5. The molecule has 0 bridgehead atoms. The SMILES string of the molecule is OC(Cn1cnnn1)(c1ccc(Cl)cc1F)C(F)(F)c1ccc(Br)cn1. The number of aromatic nitrogens is 5. The van der Waals surface area contributed by atoms with Crippen LogP contribution < -0.4 is 0 Å². The van der Waals surface area contributed by atoms with Crippen LogP contribution in [0.4, 0.5) is 13.2 Å². The van der Waals surface area contributed by atoms with Crippen molar-refractivity contribution < 1.29 is 18.3 Å². The Morgan fingerprint density at radius 1 is 1.23 bits per heavy atom. The minimum atomic E-state index is -3.98. The van der Waals surface area contributed by atoms with Gasteiger partial charge in [0.15, 0.2) is 5.60 Å². The summed E-state index contributed by atoms with van der Waals surface area (Å²) in [5.74, 6) is -5.07. The van der Waals surface area contributed by atoms with E-state index in [4.69, 9.17) is 11.6 Å². The van der Waals surface area contributed by atoms with Crippen LogP contribution >= 0.6 is 27.5 Å². The van der Waals surface area contributed by atoms with Gasteiger partial charge in [-0.1, -0.05) is 17.7 Å². The molecular formula is C15H10BrClF3N5O. The Balaban J connectivity index is 2.17. The summed E-state index contributed by atoms with van der Waals surface area (Å²) in [6.45, 7) is -0.816. The van der Waals surface area contributed by atoms with E-state index in [2.05, 4.69) is 36.4 Å². The molecule has 136 valence electrons. The average Bonchev–Trinajstić information content (AvgIpc) is 3.07. The van der Waals surface area contributed by atoms with Crippen molar-refractivity contribution in [2.45, 2.75) is 18.1 Å². The van der Waals surface area contributed by atoms with Crippen LogP contribution in [0.15, 0.2) is 47.3 Å². The number of hydrogen-bond acceptors (Lipinski definition) is 5. The molecule has 6 nitrogen and oxygen atoms in total. The van der Waals surface area contributed by atoms with Gasteiger partial charge in [-0.15, -0.1) is 5.10 Å². The van der Waals surface area contributed by atoms with Crippen LogP contribution in [0, 0.1) is 5.82 Å². The zero-order valence-electron chi connectivity index (χ0n) is 12.8. The van der Waals surface area contributed by atoms with Gasteiger partial charge in [0.25, 0.3) is 0 Å². The van der Waals surface area contributed by atoms with E-state index in [0.717, 1.165) is 35.4 Å². The molecule has 1 N–H and O–H groups in total.